The molecule has 1 aromatic carbocycles. The number of alkyl halides is 1. The van der Waals surface area contributed by atoms with Gasteiger partial charge in [0, 0.05) is 18.6 Å². The molecule has 0 unspecified atom stereocenters. The number of halogens is 3. The van der Waals surface area contributed by atoms with Crippen LogP contribution in [0.5, 0.6) is 0 Å². The minimum atomic E-state index is 0.303. The lowest BCUT2D eigenvalue weighted by Crippen LogP contribution is -2.18. The Bertz CT molecular complexity index is 572. The van der Waals surface area contributed by atoms with Crippen molar-refractivity contribution in [2.45, 2.75) is 12.4 Å². The second-order valence-electron chi connectivity index (χ2n) is 4.22. The van der Waals surface area contributed by atoms with E-state index in [1.807, 2.05) is 48.3 Å². The summed E-state index contributed by atoms with van der Waals surface area (Å²) in [5.41, 5.74) is 1.82. The van der Waals surface area contributed by atoms with Crippen molar-refractivity contribution in [1.82, 2.24) is 4.98 Å². The number of rotatable bonds is 4. The number of pyridine rings is 1. The molecule has 0 radical (unpaired) electrons. The molecule has 2 nitrogen and oxygen atoms in total. The van der Waals surface area contributed by atoms with Crippen LogP contribution in [0.3, 0.4) is 0 Å². The first kappa shape index (κ1) is 14.4. The average molecular weight is 316 g/mol. The van der Waals surface area contributed by atoms with E-state index in [-0.39, 0.29) is 0 Å². The first-order valence-corrected chi connectivity index (χ1v) is 7.06. The maximum atomic E-state index is 6.00. The van der Waals surface area contributed by atoms with Crippen LogP contribution in [0.15, 0.2) is 36.4 Å². The lowest BCUT2D eigenvalue weighted by molar-refractivity contribution is 0.891. The van der Waals surface area contributed by atoms with Crippen LogP contribution >= 0.6 is 34.8 Å². The highest BCUT2D eigenvalue weighted by molar-refractivity contribution is 6.32. The van der Waals surface area contributed by atoms with Crippen molar-refractivity contribution in [3.8, 4) is 0 Å². The number of nitrogens with zero attached hydrogens (tertiary/aromatic N) is 2. The summed E-state index contributed by atoms with van der Waals surface area (Å²) in [4.78, 5) is 6.46. The minimum Gasteiger partial charge on any atom is -0.355 e. The summed E-state index contributed by atoms with van der Waals surface area (Å²) in [5.74, 6) is 1.14. The Morgan fingerprint density at radius 3 is 2.63 bits per heavy atom. The standard InChI is InChI=1S/C14H13Cl3N2/c1-19(9-10-3-2-4-11(16)7-10)14-6-5-12(17)13(8-15)18-14/h2-7H,8-9H2,1H3. The van der Waals surface area contributed by atoms with Crippen molar-refractivity contribution >= 4 is 40.6 Å². The fraction of sp³-hybridized carbons (Fsp3) is 0.214. The van der Waals surface area contributed by atoms with Gasteiger partial charge in [-0.3, -0.25) is 0 Å². The molecule has 5 heteroatoms. The molecule has 0 aliphatic heterocycles. The fourth-order valence-corrected chi connectivity index (χ4v) is 2.43. The quantitative estimate of drug-likeness (QED) is 0.756. The topological polar surface area (TPSA) is 16.1 Å². The van der Waals surface area contributed by atoms with Gasteiger partial charge in [0.05, 0.1) is 16.6 Å². The molecule has 100 valence electrons. The fourth-order valence-electron chi connectivity index (χ4n) is 1.77. The van der Waals surface area contributed by atoms with Gasteiger partial charge in [-0.25, -0.2) is 4.98 Å². The van der Waals surface area contributed by atoms with Crippen LogP contribution in [0.25, 0.3) is 0 Å². The minimum absolute atomic E-state index is 0.303. The van der Waals surface area contributed by atoms with Gasteiger partial charge in [-0.2, -0.15) is 0 Å². The summed E-state index contributed by atoms with van der Waals surface area (Å²) in [5, 5.41) is 1.33. The van der Waals surface area contributed by atoms with E-state index >= 15 is 0 Å². The van der Waals surface area contributed by atoms with Gasteiger partial charge >= 0.3 is 0 Å². The summed E-state index contributed by atoms with van der Waals surface area (Å²) >= 11 is 17.8. The molecule has 0 atom stereocenters. The molecule has 0 saturated heterocycles. The monoisotopic (exact) mass is 314 g/mol. The Kier molecular flexibility index (Phi) is 4.92. The first-order chi connectivity index (χ1) is 9.10. The number of hydrogen-bond donors (Lipinski definition) is 0. The van der Waals surface area contributed by atoms with E-state index in [0.29, 0.717) is 16.6 Å². The van der Waals surface area contributed by atoms with Gasteiger partial charge in [0.15, 0.2) is 0 Å². The molecular weight excluding hydrogens is 303 g/mol. The predicted molar refractivity (Wildman–Crippen MR) is 82.4 cm³/mol. The van der Waals surface area contributed by atoms with Crippen LogP contribution in [0.1, 0.15) is 11.3 Å². The average Bonchev–Trinajstić information content (AvgIpc) is 2.39. The molecule has 0 amide bonds. The van der Waals surface area contributed by atoms with Gasteiger partial charge in [-0.1, -0.05) is 35.3 Å². The van der Waals surface area contributed by atoms with Crippen molar-refractivity contribution in [2.24, 2.45) is 0 Å². The largest absolute Gasteiger partial charge is 0.355 e. The SMILES string of the molecule is CN(Cc1cccc(Cl)c1)c1ccc(Cl)c(CCl)n1. The highest BCUT2D eigenvalue weighted by Gasteiger charge is 2.07. The van der Waals surface area contributed by atoms with Crippen molar-refractivity contribution in [3.63, 3.8) is 0 Å². The molecule has 2 aromatic rings. The van der Waals surface area contributed by atoms with E-state index in [0.717, 1.165) is 22.9 Å². The number of anilines is 1. The molecule has 1 heterocycles. The molecule has 19 heavy (non-hydrogen) atoms. The van der Waals surface area contributed by atoms with E-state index in [1.165, 1.54) is 0 Å². The molecule has 2 rings (SSSR count). The molecule has 0 fully saturated rings. The van der Waals surface area contributed by atoms with E-state index in [4.69, 9.17) is 34.8 Å². The Morgan fingerprint density at radius 2 is 1.95 bits per heavy atom. The lowest BCUT2D eigenvalue weighted by Gasteiger charge is -2.19. The second-order valence-corrected chi connectivity index (χ2v) is 5.33. The van der Waals surface area contributed by atoms with Gasteiger partial charge in [-0.05, 0) is 29.8 Å². The molecule has 0 bridgehead atoms. The summed E-state index contributed by atoms with van der Waals surface area (Å²) in [7, 11) is 1.97. The van der Waals surface area contributed by atoms with Crippen LogP contribution in [0.4, 0.5) is 5.82 Å². The van der Waals surface area contributed by atoms with Gasteiger partial charge < -0.3 is 4.90 Å². The zero-order chi connectivity index (χ0) is 13.8. The van der Waals surface area contributed by atoms with Gasteiger partial charge in [0.25, 0.3) is 0 Å². The molecule has 0 spiro atoms. The molecule has 0 saturated carbocycles. The summed E-state index contributed by atoms with van der Waals surface area (Å²) in [6.07, 6.45) is 0. The van der Waals surface area contributed by atoms with E-state index in [2.05, 4.69) is 4.98 Å². The summed E-state index contributed by atoms with van der Waals surface area (Å²) in [6.45, 7) is 0.719. The Balaban J connectivity index is 2.18. The third-order valence-electron chi connectivity index (χ3n) is 2.73. The van der Waals surface area contributed by atoms with Crippen LogP contribution in [-0.4, -0.2) is 12.0 Å². The molecular formula is C14H13Cl3N2. The number of aromatic nitrogens is 1. The maximum absolute atomic E-state index is 6.00. The predicted octanol–water partition coefficient (Wildman–Crippen LogP) is 4.76. The zero-order valence-corrected chi connectivity index (χ0v) is 12.7. The summed E-state index contributed by atoms with van der Waals surface area (Å²) in [6, 6.07) is 11.5. The van der Waals surface area contributed by atoms with Crippen molar-refractivity contribution < 1.29 is 0 Å². The zero-order valence-electron chi connectivity index (χ0n) is 10.4. The van der Waals surface area contributed by atoms with Gasteiger partial charge in [-0.15, -0.1) is 11.6 Å². The van der Waals surface area contributed by atoms with Gasteiger partial charge in [0.1, 0.15) is 5.82 Å². The molecule has 0 aliphatic rings. The molecule has 1 aromatic heterocycles. The van der Waals surface area contributed by atoms with Crippen LogP contribution < -0.4 is 4.90 Å². The highest BCUT2D eigenvalue weighted by atomic mass is 35.5. The second kappa shape index (κ2) is 6.47. The molecule has 0 N–H and O–H groups in total. The Morgan fingerprint density at radius 1 is 1.16 bits per heavy atom. The van der Waals surface area contributed by atoms with Crippen LogP contribution in [0.2, 0.25) is 10.0 Å². The lowest BCUT2D eigenvalue weighted by atomic mass is 10.2. The Hall–Kier alpha value is -0.960. The van der Waals surface area contributed by atoms with Crippen LogP contribution in [0, 0.1) is 0 Å². The van der Waals surface area contributed by atoms with Gasteiger partial charge in [0.2, 0.25) is 0 Å². The highest BCUT2D eigenvalue weighted by Crippen LogP contribution is 2.21. The maximum Gasteiger partial charge on any atom is 0.129 e. The number of hydrogen-bond acceptors (Lipinski definition) is 2. The van der Waals surface area contributed by atoms with Crippen molar-refractivity contribution in [3.05, 3.63) is 57.7 Å². The molecule has 0 aliphatic carbocycles. The van der Waals surface area contributed by atoms with Crippen molar-refractivity contribution in [1.29, 1.82) is 0 Å². The smallest absolute Gasteiger partial charge is 0.129 e. The third-order valence-corrected chi connectivity index (χ3v) is 3.56. The van der Waals surface area contributed by atoms with E-state index < -0.39 is 0 Å². The third kappa shape index (κ3) is 3.75. The summed E-state index contributed by atoms with van der Waals surface area (Å²) < 4.78 is 0. The van der Waals surface area contributed by atoms with E-state index in [9.17, 15) is 0 Å². The number of benzene rings is 1. The van der Waals surface area contributed by atoms with E-state index in [1.54, 1.807) is 0 Å². The van der Waals surface area contributed by atoms with Crippen molar-refractivity contribution in [2.75, 3.05) is 11.9 Å². The first-order valence-electron chi connectivity index (χ1n) is 5.77. The Labute approximate surface area is 127 Å². The normalized spacial score (nSPS) is 10.5. The van der Waals surface area contributed by atoms with Crippen LogP contribution in [-0.2, 0) is 12.4 Å².